The fourth-order valence-electron chi connectivity index (χ4n) is 1.50. The molecule has 0 aromatic carbocycles. The molecule has 0 spiro atoms. The molecule has 4 heteroatoms. The highest BCUT2D eigenvalue weighted by molar-refractivity contribution is 9.10. The summed E-state index contributed by atoms with van der Waals surface area (Å²) in [4.78, 5) is 15.0. The molecule has 0 saturated heterocycles. The minimum atomic E-state index is 0.222. The van der Waals surface area contributed by atoms with Gasteiger partial charge in [0, 0.05) is 4.47 Å². The number of hydrogen-bond donors (Lipinski definition) is 0. The Labute approximate surface area is 110 Å². The second-order valence-electron chi connectivity index (χ2n) is 3.74. The summed E-state index contributed by atoms with van der Waals surface area (Å²) in [5.74, 6) is 0.222. The maximum atomic E-state index is 12.0. The van der Waals surface area contributed by atoms with Crippen LogP contribution in [0.5, 0.6) is 0 Å². The molecule has 0 aliphatic carbocycles. The molecule has 1 heterocycles. The van der Waals surface area contributed by atoms with Gasteiger partial charge in [-0.15, -0.1) is 11.3 Å². The lowest BCUT2D eigenvalue weighted by Crippen LogP contribution is -2.30. The van der Waals surface area contributed by atoms with E-state index >= 15 is 0 Å². The van der Waals surface area contributed by atoms with Gasteiger partial charge >= 0.3 is 0 Å². The van der Waals surface area contributed by atoms with Crippen LogP contribution in [0.25, 0.3) is 0 Å². The Morgan fingerprint density at radius 2 is 2.25 bits per heavy atom. The molecule has 0 radical (unpaired) electrons. The fourth-order valence-corrected chi connectivity index (χ4v) is 3.02. The standard InChI is InChI=1S/C12H18BrNOS/c1-3-5-7-14(4-2)9-11(15)12-10(13)6-8-16-12/h6,8H,3-5,7,9H2,1-2H3. The number of ketones is 1. The van der Waals surface area contributed by atoms with Crippen LogP contribution in [0.1, 0.15) is 36.4 Å². The van der Waals surface area contributed by atoms with Crippen molar-refractivity contribution < 1.29 is 4.79 Å². The van der Waals surface area contributed by atoms with E-state index in [0.29, 0.717) is 6.54 Å². The van der Waals surface area contributed by atoms with Crippen molar-refractivity contribution in [3.8, 4) is 0 Å². The summed E-state index contributed by atoms with van der Waals surface area (Å²) in [6.45, 7) is 6.77. The predicted octanol–water partition coefficient (Wildman–Crippen LogP) is 3.82. The Bertz CT molecular complexity index is 338. The highest BCUT2D eigenvalue weighted by atomic mass is 79.9. The van der Waals surface area contributed by atoms with Crippen molar-refractivity contribution in [1.29, 1.82) is 0 Å². The minimum Gasteiger partial charge on any atom is -0.296 e. The lowest BCUT2D eigenvalue weighted by atomic mass is 10.2. The van der Waals surface area contributed by atoms with Crippen molar-refractivity contribution in [3.63, 3.8) is 0 Å². The first-order valence-corrected chi connectivity index (χ1v) is 7.34. The third kappa shape index (κ3) is 4.00. The van der Waals surface area contributed by atoms with Crippen molar-refractivity contribution in [2.75, 3.05) is 19.6 Å². The third-order valence-corrected chi connectivity index (χ3v) is 4.39. The van der Waals surface area contributed by atoms with Gasteiger partial charge < -0.3 is 0 Å². The van der Waals surface area contributed by atoms with Gasteiger partial charge in [-0.25, -0.2) is 0 Å². The van der Waals surface area contributed by atoms with Crippen molar-refractivity contribution in [2.24, 2.45) is 0 Å². The van der Waals surface area contributed by atoms with Crippen LogP contribution in [-0.4, -0.2) is 30.3 Å². The van der Waals surface area contributed by atoms with Gasteiger partial charge in [0.2, 0.25) is 0 Å². The summed E-state index contributed by atoms with van der Waals surface area (Å²) in [7, 11) is 0. The summed E-state index contributed by atoms with van der Waals surface area (Å²) in [5, 5.41) is 1.94. The smallest absolute Gasteiger partial charge is 0.187 e. The predicted molar refractivity (Wildman–Crippen MR) is 73.4 cm³/mol. The molecular formula is C12H18BrNOS. The van der Waals surface area contributed by atoms with Crippen molar-refractivity contribution in [1.82, 2.24) is 4.90 Å². The largest absolute Gasteiger partial charge is 0.296 e. The number of halogens is 1. The average Bonchev–Trinajstić information content (AvgIpc) is 2.70. The van der Waals surface area contributed by atoms with Gasteiger partial charge in [-0.3, -0.25) is 9.69 Å². The number of carbonyl (C=O) groups excluding carboxylic acids is 1. The first-order valence-electron chi connectivity index (χ1n) is 5.67. The molecule has 16 heavy (non-hydrogen) atoms. The lowest BCUT2D eigenvalue weighted by Gasteiger charge is -2.18. The van der Waals surface area contributed by atoms with Crippen LogP contribution in [0.2, 0.25) is 0 Å². The van der Waals surface area contributed by atoms with E-state index in [1.165, 1.54) is 17.8 Å². The van der Waals surface area contributed by atoms with Gasteiger partial charge in [0.05, 0.1) is 11.4 Å². The maximum absolute atomic E-state index is 12.0. The van der Waals surface area contributed by atoms with Crippen molar-refractivity contribution in [2.45, 2.75) is 26.7 Å². The van der Waals surface area contributed by atoms with Crippen LogP contribution in [0.15, 0.2) is 15.9 Å². The van der Waals surface area contributed by atoms with Gasteiger partial charge in [0.1, 0.15) is 0 Å². The number of likely N-dealkylation sites (N-methyl/N-ethyl adjacent to an activating group) is 1. The molecule has 0 unspecified atom stereocenters. The van der Waals surface area contributed by atoms with E-state index in [0.717, 1.165) is 28.9 Å². The van der Waals surface area contributed by atoms with Crippen LogP contribution in [-0.2, 0) is 0 Å². The molecule has 0 bridgehead atoms. The van der Waals surface area contributed by atoms with E-state index in [1.54, 1.807) is 0 Å². The van der Waals surface area contributed by atoms with E-state index in [1.807, 2.05) is 11.4 Å². The second kappa shape index (κ2) is 7.20. The third-order valence-electron chi connectivity index (χ3n) is 2.51. The van der Waals surface area contributed by atoms with Crippen molar-refractivity contribution >= 4 is 33.0 Å². The molecule has 0 amide bonds. The van der Waals surface area contributed by atoms with Gasteiger partial charge in [-0.2, -0.15) is 0 Å². The molecule has 1 aromatic rings. The van der Waals surface area contributed by atoms with Crippen molar-refractivity contribution in [3.05, 3.63) is 20.8 Å². The molecule has 1 aromatic heterocycles. The van der Waals surface area contributed by atoms with E-state index in [-0.39, 0.29) is 5.78 Å². The quantitative estimate of drug-likeness (QED) is 0.714. The van der Waals surface area contributed by atoms with E-state index in [9.17, 15) is 4.79 Å². The first-order chi connectivity index (χ1) is 7.69. The highest BCUT2D eigenvalue weighted by Crippen LogP contribution is 2.23. The second-order valence-corrected chi connectivity index (χ2v) is 5.51. The van der Waals surface area contributed by atoms with Gasteiger partial charge in [-0.1, -0.05) is 20.3 Å². The molecule has 0 aliphatic heterocycles. The molecule has 0 fully saturated rings. The Morgan fingerprint density at radius 3 is 2.75 bits per heavy atom. The Morgan fingerprint density at radius 1 is 1.50 bits per heavy atom. The average molecular weight is 304 g/mol. The number of rotatable bonds is 7. The zero-order chi connectivity index (χ0) is 12.0. The molecule has 0 saturated carbocycles. The lowest BCUT2D eigenvalue weighted by molar-refractivity contribution is 0.0936. The monoisotopic (exact) mass is 303 g/mol. The summed E-state index contributed by atoms with van der Waals surface area (Å²) >= 11 is 4.91. The van der Waals surface area contributed by atoms with Gasteiger partial charge in [0.15, 0.2) is 5.78 Å². The van der Waals surface area contributed by atoms with E-state index < -0.39 is 0 Å². The Balaban J connectivity index is 2.52. The zero-order valence-electron chi connectivity index (χ0n) is 9.83. The van der Waals surface area contributed by atoms with Crippen LogP contribution in [0.4, 0.5) is 0 Å². The van der Waals surface area contributed by atoms with Crippen LogP contribution in [0.3, 0.4) is 0 Å². The van der Waals surface area contributed by atoms with Crippen LogP contribution < -0.4 is 0 Å². The summed E-state index contributed by atoms with van der Waals surface area (Å²) in [6.07, 6.45) is 2.33. The molecule has 0 aliphatic rings. The summed E-state index contributed by atoms with van der Waals surface area (Å²) in [6, 6.07) is 1.93. The number of Topliss-reactive ketones (excluding diaryl/α,β-unsaturated/α-hetero) is 1. The zero-order valence-corrected chi connectivity index (χ0v) is 12.2. The van der Waals surface area contributed by atoms with Crippen LogP contribution >= 0.6 is 27.3 Å². The summed E-state index contributed by atoms with van der Waals surface area (Å²) in [5.41, 5.74) is 0. The molecule has 0 N–H and O–H groups in total. The van der Waals surface area contributed by atoms with E-state index in [2.05, 4.69) is 34.7 Å². The molecule has 2 nitrogen and oxygen atoms in total. The normalized spacial score (nSPS) is 11.0. The Kier molecular flexibility index (Phi) is 6.24. The molecule has 90 valence electrons. The number of thiophene rings is 1. The fraction of sp³-hybridized carbons (Fsp3) is 0.583. The highest BCUT2D eigenvalue weighted by Gasteiger charge is 2.14. The molecule has 0 atom stereocenters. The molecular weight excluding hydrogens is 286 g/mol. The van der Waals surface area contributed by atoms with Gasteiger partial charge in [-0.05, 0) is 46.9 Å². The first kappa shape index (κ1) is 13.9. The summed E-state index contributed by atoms with van der Waals surface area (Å²) < 4.78 is 0.925. The number of hydrogen-bond acceptors (Lipinski definition) is 3. The maximum Gasteiger partial charge on any atom is 0.187 e. The SMILES string of the molecule is CCCCN(CC)CC(=O)c1sccc1Br. The topological polar surface area (TPSA) is 20.3 Å². The Hall–Kier alpha value is -0.190. The van der Waals surface area contributed by atoms with E-state index in [4.69, 9.17) is 0 Å². The minimum absolute atomic E-state index is 0.222. The number of carbonyl (C=O) groups is 1. The van der Waals surface area contributed by atoms with Gasteiger partial charge in [0.25, 0.3) is 0 Å². The van der Waals surface area contributed by atoms with Crippen LogP contribution in [0, 0.1) is 0 Å². The number of nitrogens with zero attached hydrogens (tertiary/aromatic N) is 1. The molecule has 1 rings (SSSR count). The number of unbranched alkanes of at least 4 members (excludes halogenated alkanes) is 1.